The lowest BCUT2D eigenvalue weighted by Gasteiger charge is -2.04. The molecule has 0 unspecified atom stereocenters. The molecule has 0 atom stereocenters. The Balaban J connectivity index is 2.58. The second-order valence-electron chi connectivity index (χ2n) is 2.96. The van der Waals surface area contributed by atoms with Gasteiger partial charge in [0.1, 0.15) is 11.4 Å². The van der Waals surface area contributed by atoms with Gasteiger partial charge >= 0.3 is 0 Å². The van der Waals surface area contributed by atoms with Gasteiger partial charge in [-0.05, 0) is 0 Å². The summed E-state index contributed by atoms with van der Waals surface area (Å²) in [6.07, 6.45) is 3.18. The van der Waals surface area contributed by atoms with Gasteiger partial charge in [-0.3, -0.25) is 4.98 Å². The average molecular weight is 223 g/mol. The van der Waals surface area contributed by atoms with E-state index in [-0.39, 0.29) is 11.3 Å². The fourth-order valence-corrected chi connectivity index (χ4v) is 1.24. The zero-order valence-corrected chi connectivity index (χ0v) is 8.32. The van der Waals surface area contributed by atoms with E-state index in [0.29, 0.717) is 5.75 Å². The minimum absolute atomic E-state index is 0.0664. The molecule has 0 saturated heterocycles. The summed E-state index contributed by atoms with van der Waals surface area (Å²) in [5.41, 5.74) is -0.196. The lowest BCUT2D eigenvalue weighted by Crippen LogP contribution is -1.96. The summed E-state index contributed by atoms with van der Waals surface area (Å²) in [6.45, 7) is 0. The van der Waals surface area contributed by atoms with Gasteiger partial charge < -0.3 is 4.74 Å². The summed E-state index contributed by atoms with van der Waals surface area (Å²) >= 11 is 0. The van der Waals surface area contributed by atoms with Gasteiger partial charge in [-0.15, -0.1) is 0 Å². The average Bonchev–Trinajstić information content (AvgIpc) is 2.29. The number of aromatic nitrogens is 3. The molecule has 0 aromatic carbocycles. The first-order valence-electron chi connectivity index (χ1n) is 4.38. The third-order valence-corrected chi connectivity index (χ3v) is 1.97. The molecule has 2 aromatic heterocycles. The lowest BCUT2D eigenvalue weighted by molar-refractivity contribution is 0.411. The number of rotatable bonds is 2. The van der Waals surface area contributed by atoms with E-state index in [2.05, 4.69) is 15.2 Å². The van der Waals surface area contributed by atoms with Crippen molar-refractivity contribution < 1.29 is 13.5 Å². The Morgan fingerprint density at radius 3 is 2.44 bits per heavy atom. The molecule has 0 spiro atoms. The minimum Gasteiger partial charge on any atom is -0.495 e. The zero-order chi connectivity index (χ0) is 11.5. The van der Waals surface area contributed by atoms with Crippen LogP contribution in [-0.2, 0) is 0 Å². The van der Waals surface area contributed by atoms with Crippen molar-refractivity contribution in [1.29, 1.82) is 0 Å². The smallest absolute Gasteiger partial charge is 0.153 e. The third-order valence-electron chi connectivity index (χ3n) is 1.97. The SMILES string of the molecule is COc1cnnc(-c2c(F)cncc2F)c1. The molecule has 0 bridgehead atoms. The van der Waals surface area contributed by atoms with E-state index >= 15 is 0 Å². The molecule has 0 fully saturated rings. The molecule has 0 aliphatic rings. The molecule has 0 aliphatic heterocycles. The van der Waals surface area contributed by atoms with Crippen molar-refractivity contribution in [2.75, 3.05) is 7.11 Å². The molecule has 4 nitrogen and oxygen atoms in total. The summed E-state index contributed by atoms with van der Waals surface area (Å²) in [5.74, 6) is -1.20. The standard InChI is InChI=1S/C10H7F2N3O/c1-16-6-2-9(15-14-3-6)10-7(11)4-13-5-8(10)12/h2-5H,1H3. The van der Waals surface area contributed by atoms with Crippen LogP contribution in [0.5, 0.6) is 5.75 Å². The van der Waals surface area contributed by atoms with E-state index in [9.17, 15) is 8.78 Å². The highest BCUT2D eigenvalue weighted by atomic mass is 19.1. The van der Waals surface area contributed by atoms with E-state index in [4.69, 9.17) is 4.74 Å². The fourth-order valence-electron chi connectivity index (χ4n) is 1.24. The third kappa shape index (κ3) is 1.81. The number of ether oxygens (including phenoxy) is 1. The number of hydrogen-bond donors (Lipinski definition) is 0. The van der Waals surface area contributed by atoms with E-state index < -0.39 is 11.6 Å². The first kappa shape index (κ1) is 10.4. The minimum atomic E-state index is -0.789. The van der Waals surface area contributed by atoms with Crippen molar-refractivity contribution in [2.24, 2.45) is 0 Å². The van der Waals surface area contributed by atoms with Crippen molar-refractivity contribution in [3.05, 3.63) is 36.3 Å². The van der Waals surface area contributed by atoms with E-state index in [0.717, 1.165) is 12.4 Å². The Morgan fingerprint density at radius 1 is 1.12 bits per heavy atom. The molecule has 0 radical (unpaired) electrons. The molecular formula is C10H7F2N3O. The van der Waals surface area contributed by atoms with Crippen LogP contribution < -0.4 is 4.74 Å². The second-order valence-corrected chi connectivity index (χ2v) is 2.96. The molecule has 6 heteroatoms. The summed E-state index contributed by atoms with van der Waals surface area (Å²) in [4.78, 5) is 3.38. The van der Waals surface area contributed by atoms with E-state index in [1.165, 1.54) is 19.4 Å². The summed E-state index contributed by atoms with van der Waals surface area (Å²) in [6, 6.07) is 1.40. The van der Waals surface area contributed by atoms with Crippen molar-refractivity contribution in [3.8, 4) is 17.0 Å². The number of hydrogen-bond acceptors (Lipinski definition) is 4. The van der Waals surface area contributed by atoms with Crippen molar-refractivity contribution in [3.63, 3.8) is 0 Å². The van der Waals surface area contributed by atoms with Crippen molar-refractivity contribution in [1.82, 2.24) is 15.2 Å². The number of methoxy groups -OCH3 is 1. The van der Waals surface area contributed by atoms with Gasteiger partial charge in [0.25, 0.3) is 0 Å². The molecule has 2 rings (SSSR count). The van der Waals surface area contributed by atoms with Crippen molar-refractivity contribution in [2.45, 2.75) is 0 Å². The maximum Gasteiger partial charge on any atom is 0.153 e. The van der Waals surface area contributed by atoms with E-state index in [1.807, 2.05) is 0 Å². The van der Waals surface area contributed by atoms with Crippen LogP contribution in [0.25, 0.3) is 11.3 Å². The van der Waals surface area contributed by atoms with Gasteiger partial charge in [-0.1, -0.05) is 0 Å². The maximum atomic E-state index is 13.4. The molecule has 0 aliphatic carbocycles. The van der Waals surface area contributed by atoms with Crippen LogP contribution >= 0.6 is 0 Å². The Labute approximate surface area is 89.9 Å². The Bertz CT molecular complexity index is 499. The van der Waals surface area contributed by atoms with Crippen LogP contribution in [0.2, 0.25) is 0 Å². The maximum absolute atomic E-state index is 13.4. The Kier molecular flexibility index (Phi) is 2.72. The Hall–Kier alpha value is -2.11. The number of pyridine rings is 1. The largest absolute Gasteiger partial charge is 0.495 e. The van der Waals surface area contributed by atoms with Crippen LogP contribution in [0.15, 0.2) is 24.7 Å². The van der Waals surface area contributed by atoms with Gasteiger partial charge in [-0.2, -0.15) is 10.2 Å². The highest BCUT2D eigenvalue weighted by molar-refractivity contribution is 5.60. The lowest BCUT2D eigenvalue weighted by atomic mass is 10.1. The van der Waals surface area contributed by atoms with E-state index in [1.54, 1.807) is 0 Å². The van der Waals surface area contributed by atoms with Crippen LogP contribution in [0, 0.1) is 11.6 Å². The topological polar surface area (TPSA) is 47.9 Å². The summed E-state index contributed by atoms with van der Waals surface area (Å²) < 4.78 is 31.6. The monoisotopic (exact) mass is 223 g/mol. The van der Waals surface area contributed by atoms with Gasteiger partial charge in [0, 0.05) is 6.07 Å². The first-order valence-corrected chi connectivity index (χ1v) is 4.38. The van der Waals surface area contributed by atoms with Gasteiger partial charge in [-0.25, -0.2) is 8.78 Å². The molecule has 0 amide bonds. The van der Waals surface area contributed by atoms with Crippen LogP contribution in [0.4, 0.5) is 8.78 Å². The fraction of sp³-hybridized carbons (Fsp3) is 0.100. The normalized spacial score (nSPS) is 10.2. The predicted octanol–water partition coefficient (Wildman–Crippen LogP) is 1.83. The second kappa shape index (κ2) is 4.18. The van der Waals surface area contributed by atoms with Gasteiger partial charge in [0.15, 0.2) is 11.6 Å². The molecule has 82 valence electrons. The highest BCUT2D eigenvalue weighted by Crippen LogP contribution is 2.24. The van der Waals surface area contributed by atoms with Crippen molar-refractivity contribution >= 4 is 0 Å². The van der Waals surface area contributed by atoms with Crippen LogP contribution in [0.3, 0.4) is 0 Å². The van der Waals surface area contributed by atoms with Crippen LogP contribution in [-0.4, -0.2) is 22.3 Å². The molecule has 0 saturated carbocycles. The number of nitrogens with zero attached hydrogens (tertiary/aromatic N) is 3. The quantitative estimate of drug-likeness (QED) is 0.779. The van der Waals surface area contributed by atoms with Crippen LogP contribution in [0.1, 0.15) is 0 Å². The number of halogens is 2. The highest BCUT2D eigenvalue weighted by Gasteiger charge is 2.14. The summed E-state index contributed by atoms with van der Waals surface area (Å²) in [7, 11) is 1.43. The van der Waals surface area contributed by atoms with Gasteiger partial charge in [0.2, 0.25) is 0 Å². The molecule has 2 heterocycles. The first-order chi connectivity index (χ1) is 7.72. The zero-order valence-electron chi connectivity index (χ0n) is 8.32. The molecule has 2 aromatic rings. The molecule has 0 N–H and O–H groups in total. The summed E-state index contributed by atoms with van der Waals surface area (Å²) in [5, 5.41) is 7.23. The predicted molar refractivity (Wildman–Crippen MR) is 51.7 cm³/mol. The van der Waals surface area contributed by atoms with Gasteiger partial charge in [0.05, 0.1) is 31.3 Å². The molecule has 16 heavy (non-hydrogen) atoms. The Morgan fingerprint density at radius 2 is 1.81 bits per heavy atom. The molecular weight excluding hydrogens is 216 g/mol.